The van der Waals surface area contributed by atoms with Crippen molar-refractivity contribution < 1.29 is 33.1 Å². The van der Waals surface area contributed by atoms with E-state index in [1.54, 1.807) is 11.0 Å². The number of carboxylic acid groups (broad SMARTS) is 1. The van der Waals surface area contributed by atoms with E-state index in [1.165, 1.54) is 4.90 Å². The quantitative estimate of drug-likeness (QED) is 0.164. The van der Waals surface area contributed by atoms with Crippen LogP contribution in [0.25, 0.3) is 0 Å². The van der Waals surface area contributed by atoms with Crippen LogP contribution in [0.5, 0.6) is 0 Å². The minimum atomic E-state index is -1.43. The Morgan fingerprint density at radius 2 is 1.70 bits per heavy atom. The Morgan fingerprint density at radius 3 is 2.20 bits per heavy atom. The van der Waals surface area contributed by atoms with Crippen molar-refractivity contribution in [2.45, 2.75) is 118 Å². The van der Waals surface area contributed by atoms with Gasteiger partial charge in [-0.05, 0) is 80.3 Å². The van der Waals surface area contributed by atoms with Gasteiger partial charge in [-0.2, -0.15) is 0 Å². The zero-order valence-corrected chi connectivity index (χ0v) is 31.1. The fraction of sp³-hybridized carbons (Fsp3) is 0.727. The van der Waals surface area contributed by atoms with Gasteiger partial charge in [0.2, 0.25) is 5.91 Å². The normalized spacial score (nSPS) is 25.8. The average Bonchev–Trinajstić information content (AvgIpc) is 3.46. The standard InChI is InChI=1S/C33H56N2O7Si2/c1-13-16-40-31(39)34-21(14-15-24(34)28(33(6,7)8)42-44(11)12)17-20(2)22-18-25-26(29(36)35(25)27(22)30(37)38)23(32(3,4)5)19-41-43(9)10/h13,17,21,23-26,28,43-44H,1,14-16,18-19H2,2-12H3,(H,37,38)/t21?,23-,24?,25-,26+,28?/m1/s1. The van der Waals surface area contributed by atoms with Crippen molar-refractivity contribution in [3.8, 4) is 0 Å². The summed E-state index contributed by atoms with van der Waals surface area (Å²) >= 11 is 0. The van der Waals surface area contributed by atoms with E-state index in [4.69, 9.17) is 13.6 Å². The van der Waals surface area contributed by atoms with Gasteiger partial charge in [-0.3, -0.25) is 9.69 Å². The number of nitrogens with zero attached hydrogens (tertiary/aromatic N) is 2. The van der Waals surface area contributed by atoms with Crippen molar-refractivity contribution >= 4 is 36.1 Å². The highest BCUT2D eigenvalue weighted by Gasteiger charge is 2.59. The number of hydrogen-bond acceptors (Lipinski definition) is 6. The molecule has 0 aromatic heterocycles. The van der Waals surface area contributed by atoms with E-state index in [0.717, 1.165) is 12.0 Å². The molecule has 3 unspecified atom stereocenters. The lowest BCUT2D eigenvalue weighted by Gasteiger charge is -2.50. The van der Waals surface area contributed by atoms with Crippen LogP contribution in [-0.4, -0.2) is 88.4 Å². The molecule has 44 heavy (non-hydrogen) atoms. The molecule has 3 aliphatic rings. The van der Waals surface area contributed by atoms with E-state index in [0.29, 0.717) is 25.0 Å². The maximum Gasteiger partial charge on any atom is 0.410 e. The number of fused-ring (bicyclic) bond motifs is 1. The Balaban J connectivity index is 1.97. The van der Waals surface area contributed by atoms with Crippen LogP contribution in [0.15, 0.2) is 35.6 Å². The first-order chi connectivity index (χ1) is 20.3. The summed E-state index contributed by atoms with van der Waals surface area (Å²) < 4.78 is 18.2. The lowest BCUT2D eigenvalue weighted by molar-refractivity contribution is -0.162. The monoisotopic (exact) mass is 648 g/mol. The van der Waals surface area contributed by atoms with E-state index >= 15 is 0 Å². The van der Waals surface area contributed by atoms with Crippen LogP contribution in [0.4, 0.5) is 4.79 Å². The van der Waals surface area contributed by atoms with Gasteiger partial charge in [0.15, 0.2) is 18.1 Å². The second kappa shape index (κ2) is 14.0. The molecule has 2 fully saturated rings. The highest BCUT2D eigenvalue weighted by molar-refractivity contribution is 6.48. The van der Waals surface area contributed by atoms with Gasteiger partial charge in [-0.15, -0.1) is 0 Å². The van der Waals surface area contributed by atoms with Crippen molar-refractivity contribution in [1.82, 2.24) is 9.80 Å². The summed E-state index contributed by atoms with van der Waals surface area (Å²) in [6.45, 7) is 27.5. The zero-order chi connectivity index (χ0) is 33.3. The Morgan fingerprint density at radius 1 is 1.07 bits per heavy atom. The molecule has 6 atom stereocenters. The first kappa shape index (κ1) is 36.3. The summed E-state index contributed by atoms with van der Waals surface area (Å²) in [6, 6.07) is -0.697. The maximum absolute atomic E-state index is 13.6. The number of rotatable bonds is 12. The molecule has 1 N–H and O–H groups in total. The molecule has 0 aliphatic carbocycles. The van der Waals surface area contributed by atoms with Gasteiger partial charge >= 0.3 is 12.1 Å². The second-order valence-electron chi connectivity index (χ2n) is 15.3. The lowest BCUT2D eigenvalue weighted by atomic mass is 9.66. The highest BCUT2D eigenvalue weighted by atomic mass is 28.3. The largest absolute Gasteiger partial charge is 0.477 e. The van der Waals surface area contributed by atoms with E-state index in [9.17, 15) is 19.5 Å². The van der Waals surface area contributed by atoms with Crippen LogP contribution in [0.1, 0.15) is 67.7 Å². The maximum atomic E-state index is 13.6. The van der Waals surface area contributed by atoms with E-state index < -0.39 is 30.1 Å². The molecule has 0 spiro atoms. The van der Waals surface area contributed by atoms with Crippen LogP contribution < -0.4 is 0 Å². The molecular formula is C33H56N2O7Si2. The molecule has 3 heterocycles. The van der Waals surface area contributed by atoms with Crippen LogP contribution in [0, 0.1) is 22.7 Å². The fourth-order valence-corrected chi connectivity index (χ4v) is 8.85. The van der Waals surface area contributed by atoms with Gasteiger partial charge in [-0.1, -0.05) is 60.3 Å². The summed E-state index contributed by atoms with van der Waals surface area (Å²) in [7, 11) is -2.73. The average molecular weight is 649 g/mol. The van der Waals surface area contributed by atoms with E-state index in [2.05, 4.69) is 74.3 Å². The van der Waals surface area contributed by atoms with Crippen molar-refractivity contribution in [1.29, 1.82) is 0 Å². The van der Waals surface area contributed by atoms with Gasteiger partial charge in [0.25, 0.3) is 0 Å². The summed E-state index contributed by atoms with van der Waals surface area (Å²) in [4.78, 5) is 43.0. The minimum Gasteiger partial charge on any atom is -0.477 e. The third kappa shape index (κ3) is 7.77. The second-order valence-corrected chi connectivity index (χ2v) is 20.1. The fourth-order valence-electron chi connectivity index (χ4n) is 7.08. The molecule has 0 bridgehead atoms. The van der Waals surface area contributed by atoms with Gasteiger partial charge < -0.3 is 23.6 Å². The lowest BCUT2D eigenvalue weighted by Crippen LogP contribution is -2.63. The topological polar surface area (TPSA) is 106 Å². The van der Waals surface area contributed by atoms with E-state index in [1.807, 2.05) is 13.0 Å². The number of carboxylic acids is 1. The number of likely N-dealkylation sites (tertiary alicyclic amines) is 1. The van der Waals surface area contributed by atoms with Crippen LogP contribution in [0.2, 0.25) is 26.2 Å². The van der Waals surface area contributed by atoms with Gasteiger partial charge in [0, 0.05) is 6.61 Å². The Hall–Kier alpha value is -2.22. The molecule has 0 aromatic carbocycles. The number of ether oxygens (including phenoxy) is 1. The van der Waals surface area contributed by atoms with Crippen LogP contribution >= 0.6 is 0 Å². The number of carbonyl (C=O) groups is 3. The third-order valence-corrected chi connectivity index (χ3v) is 10.8. The predicted octanol–water partition coefficient (Wildman–Crippen LogP) is 5.73. The summed E-state index contributed by atoms with van der Waals surface area (Å²) in [5, 5.41) is 10.3. The summed E-state index contributed by atoms with van der Waals surface area (Å²) in [5.41, 5.74) is 1.12. The number of amides is 2. The Labute approximate surface area is 268 Å². The minimum absolute atomic E-state index is 0.0191. The Kier molecular flexibility index (Phi) is 11.6. The molecule has 3 aliphatic heterocycles. The highest BCUT2D eigenvalue weighted by Crippen LogP contribution is 2.51. The third-order valence-electron chi connectivity index (χ3n) is 9.11. The smallest absolute Gasteiger partial charge is 0.410 e. The van der Waals surface area contributed by atoms with Gasteiger partial charge in [-0.25, -0.2) is 9.59 Å². The molecule has 0 radical (unpaired) electrons. The molecule has 2 amide bonds. The molecule has 3 rings (SSSR count). The molecule has 248 valence electrons. The Bertz CT molecular complexity index is 1170. The molecular weight excluding hydrogens is 593 g/mol. The first-order valence-corrected chi connectivity index (χ1v) is 21.7. The number of hydrogen-bond donors (Lipinski definition) is 1. The summed E-state index contributed by atoms with van der Waals surface area (Å²) in [5.74, 6) is -1.56. The molecule has 0 aromatic rings. The number of allylic oxidation sites excluding steroid dienone is 1. The molecule has 0 saturated carbocycles. The van der Waals surface area contributed by atoms with Crippen molar-refractivity contribution in [3.05, 3.63) is 35.6 Å². The van der Waals surface area contributed by atoms with Crippen molar-refractivity contribution in [2.75, 3.05) is 13.2 Å². The van der Waals surface area contributed by atoms with Crippen molar-refractivity contribution in [2.24, 2.45) is 22.7 Å². The predicted molar refractivity (Wildman–Crippen MR) is 178 cm³/mol. The van der Waals surface area contributed by atoms with Crippen LogP contribution in [0.3, 0.4) is 0 Å². The molecule has 9 nitrogen and oxygen atoms in total. The van der Waals surface area contributed by atoms with Gasteiger partial charge in [0.05, 0.1) is 30.1 Å². The van der Waals surface area contributed by atoms with Crippen molar-refractivity contribution in [3.63, 3.8) is 0 Å². The number of carbonyl (C=O) groups excluding carboxylic acids is 2. The van der Waals surface area contributed by atoms with Crippen LogP contribution in [-0.2, 0) is 23.2 Å². The number of β-lactam (4-membered cyclic amide) rings is 1. The van der Waals surface area contributed by atoms with Gasteiger partial charge in [0.1, 0.15) is 12.3 Å². The SMILES string of the molecule is C=CCOC(=O)N1C(C=C(C)C2=C(C(=O)O)N3C(=O)[C@@H]([C@@H](CO[SiH](C)C)C(C)(C)C)[C@H]3C2)CCC1C(O[SiH](C)C)C(C)(C)C. The molecule has 11 heteroatoms. The number of aliphatic carboxylic acids is 1. The first-order valence-electron chi connectivity index (χ1n) is 16.1. The summed E-state index contributed by atoms with van der Waals surface area (Å²) in [6.07, 6.45) is 4.87. The van der Waals surface area contributed by atoms with E-state index in [-0.39, 0.29) is 65.1 Å². The zero-order valence-electron chi connectivity index (χ0n) is 28.8. The molecule has 2 saturated heterocycles.